The molecule has 1 aromatic carbocycles. The summed E-state index contributed by atoms with van der Waals surface area (Å²) in [5.41, 5.74) is 2.44. The number of hydrogen-bond donors (Lipinski definition) is 1. The Morgan fingerprint density at radius 1 is 1.41 bits per heavy atom. The van der Waals surface area contributed by atoms with Crippen molar-refractivity contribution in [1.29, 1.82) is 0 Å². The number of carboxylic acid groups (broad SMARTS) is 1. The number of carbonyl (C=O) groups is 1. The SMILES string of the molecule is CN1CCC(C(=O)O)=C(c2ccccc2Br)C1. The molecule has 0 unspecified atom stereocenters. The molecule has 0 aliphatic carbocycles. The first-order valence-electron chi connectivity index (χ1n) is 5.48. The van der Waals surface area contributed by atoms with E-state index in [1.807, 2.05) is 31.3 Å². The van der Waals surface area contributed by atoms with Crippen LogP contribution >= 0.6 is 15.9 Å². The smallest absolute Gasteiger partial charge is 0.331 e. The highest BCUT2D eigenvalue weighted by Crippen LogP contribution is 2.31. The lowest BCUT2D eigenvalue weighted by atomic mass is 9.94. The molecule has 17 heavy (non-hydrogen) atoms. The summed E-state index contributed by atoms with van der Waals surface area (Å²) in [6, 6.07) is 7.76. The molecule has 0 saturated heterocycles. The first kappa shape index (κ1) is 12.3. The van der Waals surface area contributed by atoms with Crippen LogP contribution in [-0.2, 0) is 4.79 Å². The summed E-state index contributed by atoms with van der Waals surface area (Å²) in [7, 11) is 2.01. The van der Waals surface area contributed by atoms with Crippen molar-refractivity contribution in [2.24, 2.45) is 0 Å². The van der Waals surface area contributed by atoms with Crippen LogP contribution in [0.15, 0.2) is 34.3 Å². The fourth-order valence-corrected chi connectivity index (χ4v) is 2.61. The Labute approximate surface area is 109 Å². The van der Waals surface area contributed by atoms with Crippen LogP contribution in [0.2, 0.25) is 0 Å². The Hall–Kier alpha value is -1.13. The second-order valence-corrected chi connectivity index (χ2v) is 5.08. The van der Waals surface area contributed by atoms with E-state index in [1.54, 1.807) is 0 Å². The third kappa shape index (κ3) is 2.58. The van der Waals surface area contributed by atoms with E-state index in [0.717, 1.165) is 22.2 Å². The molecule has 0 aromatic heterocycles. The lowest BCUT2D eigenvalue weighted by molar-refractivity contribution is -0.132. The quantitative estimate of drug-likeness (QED) is 0.912. The van der Waals surface area contributed by atoms with Gasteiger partial charge in [-0.15, -0.1) is 0 Å². The van der Waals surface area contributed by atoms with Gasteiger partial charge in [0.2, 0.25) is 0 Å². The van der Waals surface area contributed by atoms with E-state index in [4.69, 9.17) is 0 Å². The van der Waals surface area contributed by atoms with Gasteiger partial charge in [0.25, 0.3) is 0 Å². The van der Waals surface area contributed by atoms with Crippen molar-refractivity contribution in [1.82, 2.24) is 4.90 Å². The maximum absolute atomic E-state index is 11.3. The molecule has 0 bridgehead atoms. The predicted molar refractivity (Wildman–Crippen MR) is 70.8 cm³/mol. The topological polar surface area (TPSA) is 40.5 Å². The molecule has 90 valence electrons. The summed E-state index contributed by atoms with van der Waals surface area (Å²) in [6.45, 7) is 1.49. The number of nitrogens with zero attached hydrogens (tertiary/aromatic N) is 1. The van der Waals surface area contributed by atoms with Gasteiger partial charge in [0.15, 0.2) is 0 Å². The third-order valence-electron chi connectivity index (χ3n) is 2.99. The molecule has 1 aliphatic rings. The largest absolute Gasteiger partial charge is 0.478 e. The average Bonchev–Trinajstić information content (AvgIpc) is 2.29. The highest BCUT2D eigenvalue weighted by molar-refractivity contribution is 9.10. The standard InChI is InChI=1S/C13H14BrNO2/c1-15-7-6-10(13(16)17)11(8-15)9-4-2-3-5-12(9)14/h2-5H,6-8H2,1H3,(H,16,17). The minimum Gasteiger partial charge on any atom is -0.478 e. The number of halogens is 1. The molecule has 0 spiro atoms. The molecule has 1 aliphatic heterocycles. The maximum Gasteiger partial charge on any atom is 0.331 e. The van der Waals surface area contributed by atoms with Crippen LogP contribution in [0.5, 0.6) is 0 Å². The van der Waals surface area contributed by atoms with Crippen molar-refractivity contribution in [2.75, 3.05) is 20.1 Å². The van der Waals surface area contributed by atoms with E-state index < -0.39 is 5.97 Å². The summed E-state index contributed by atoms with van der Waals surface area (Å²) in [6.07, 6.45) is 0.600. The maximum atomic E-state index is 11.3. The van der Waals surface area contributed by atoms with Crippen LogP contribution in [0, 0.1) is 0 Å². The summed E-state index contributed by atoms with van der Waals surface area (Å²) in [5.74, 6) is -0.802. The Balaban J connectivity index is 2.52. The normalized spacial score (nSPS) is 17.3. The van der Waals surface area contributed by atoms with Crippen LogP contribution in [0.4, 0.5) is 0 Å². The van der Waals surface area contributed by atoms with Crippen LogP contribution in [0.1, 0.15) is 12.0 Å². The fourth-order valence-electron chi connectivity index (χ4n) is 2.09. The number of hydrogen-bond acceptors (Lipinski definition) is 2. The van der Waals surface area contributed by atoms with Gasteiger partial charge in [-0.1, -0.05) is 34.1 Å². The number of aliphatic carboxylic acids is 1. The zero-order valence-corrected chi connectivity index (χ0v) is 11.2. The minimum absolute atomic E-state index is 0.537. The molecule has 0 saturated carbocycles. The van der Waals surface area contributed by atoms with Gasteiger partial charge in [0.05, 0.1) is 0 Å². The van der Waals surface area contributed by atoms with Crippen molar-refractivity contribution in [3.8, 4) is 0 Å². The summed E-state index contributed by atoms with van der Waals surface area (Å²) in [5, 5.41) is 9.26. The van der Waals surface area contributed by atoms with Crippen molar-refractivity contribution in [3.05, 3.63) is 39.9 Å². The van der Waals surface area contributed by atoms with E-state index in [1.165, 1.54) is 0 Å². The number of benzene rings is 1. The third-order valence-corrected chi connectivity index (χ3v) is 3.68. The molecule has 1 aromatic rings. The van der Waals surface area contributed by atoms with Crippen LogP contribution < -0.4 is 0 Å². The Kier molecular flexibility index (Phi) is 3.64. The van der Waals surface area contributed by atoms with Gasteiger partial charge >= 0.3 is 5.97 Å². The molecule has 1 N–H and O–H groups in total. The van der Waals surface area contributed by atoms with Gasteiger partial charge < -0.3 is 10.0 Å². The Morgan fingerprint density at radius 3 is 2.76 bits per heavy atom. The lowest BCUT2D eigenvalue weighted by Gasteiger charge is -2.26. The van der Waals surface area contributed by atoms with E-state index in [2.05, 4.69) is 20.8 Å². The molecule has 0 radical (unpaired) electrons. The van der Waals surface area contributed by atoms with Crippen molar-refractivity contribution in [3.63, 3.8) is 0 Å². The zero-order valence-electron chi connectivity index (χ0n) is 9.61. The number of likely N-dealkylation sites (N-methyl/N-ethyl adjacent to an activating group) is 1. The lowest BCUT2D eigenvalue weighted by Crippen LogP contribution is -2.29. The summed E-state index contributed by atoms with van der Waals surface area (Å²) in [4.78, 5) is 13.4. The van der Waals surface area contributed by atoms with E-state index in [-0.39, 0.29) is 0 Å². The monoisotopic (exact) mass is 295 g/mol. The van der Waals surface area contributed by atoms with E-state index in [9.17, 15) is 9.90 Å². The highest BCUT2D eigenvalue weighted by atomic mass is 79.9. The first-order chi connectivity index (χ1) is 8.09. The van der Waals surface area contributed by atoms with Gasteiger partial charge in [-0.05, 0) is 30.7 Å². The molecular formula is C13H14BrNO2. The van der Waals surface area contributed by atoms with Crippen molar-refractivity contribution >= 4 is 27.5 Å². The van der Waals surface area contributed by atoms with E-state index >= 15 is 0 Å². The van der Waals surface area contributed by atoms with Crippen molar-refractivity contribution < 1.29 is 9.90 Å². The Bertz CT molecular complexity index is 482. The zero-order chi connectivity index (χ0) is 12.4. The second-order valence-electron chi connectivity index (χ2n) is 4.23. The summed E-state index contributed by atoms with van der Waals surface area (Å²) < 4.78 is 0.948. The van der Waals surface area contributed by atoms with Crippen molar-refractivity contribution in [2.45, 2.75) is 6.42 Å². The second kappa shape index (κ2) is 5.02. The van der Waals surface area contributed by atoms with Gasteiger partial charge in [0, 0.05) is 23.1 Å². The predicted octanol–water partition coefficient (Wildman–Crippen LogP) is 2.62. The van der Waals surface area contributed by atoms with Gasteiger partial charge in [-0.3, -0.25) is 0 Å². The molecular weight excluding hydrogens is 282 g/mol. The van der Waals surface area contributed by atoms with Gasteiger partial charge in [-0.2, -0.15) is 0 Å². The first-order valence-corrected chi connectivity index (χ1v) is 6.27. The number of carboxylic acids is 1. The average molecular weight is 296 g/mol. The summed E-state index contributed by atoms with van der Waals surface area (Å²) >= 11 is 3.48. The Morgan fingerprint density at radius 2 is 2.12 bits per heavy atom. The van der Waals surface area contributed by atoms with E-state index in [0.29, 0.717) is 18.5 Å². The van der Waals surface area contributed by atoms with Crippen LogP contribution in [0.3, 0.4) is 0 Å². The van der Waals surface area contributed by atoms with Gasteiger partial charge in [-0.25, -0.2) is 4.79 Å². The molecule has 0 amide bonds. The molecule has 1 heterocycles. The number of rotatable bonds is 2. The van der Waals surface area contributed by atoms with Crippen LogP contribution in [-0.4, -0.2) is 36.1 Å². The highest BCUT2D eigenvalue weighted by Gasteiger charge is 2.23. The molecule has 0 fully saturated rings. The van der Waals surface area contributed by atoms with Gasteiger partial charge in [0.1, 0.15) is 0 Å². The molecule has 4 heteroatoms. The molecule has 2 rings (SSSR count). The minimum atomic E-state index is -0.802. The molecule has 0 atom stereocenters. The fraction of sp³-hybridized carbons (Fsp3) is 0.308. The van der Waals surface area contributed by atoms with Crippen LogP contribution in [0.25, 0.3) is 5.57 Å². The molecule has 3 nitrogen and oxygen atoms in total.